The average molecular weight is 385 g/mol. The molecule has 0 saturated heterocycles. The van der Waals surface area contributed by atoms with E-state index in [0.29, 0.717) is 18.5 Å². The minimum absolute atomic E-state index is 0.0276. The van der Waals surface area contributed by atoms with Crippen LogP contribution in [-0.4, -0.2) is 21.4 Å². The first-order valence-corrected chi connectivity index (χ1v) is 9.90. The number of carboxylic acids is 1. The Kier molecular flexibility index (Phi) is 5.17. The van der Waals surface area contributed by atoms with Gasteiger partial charge in [-0.25, -0.2) is 0 Å². The Balaban J connectivity index is 1.78. The Bertz CT molecular complexity index is 1210. The summed E-state index contributed by atoms with van der Waals surface area (Å²) in [6.45, 7) is 2.68. The molecule has 0 aliphatic heterocycles. The number of ketones is 1. The number of aryl methyl sites for hydroxylation is 1. The molecule has 0 fully saturated rings. The Morgan fingerprint density at radius 2 is 1.55 bits per heavy atom. The van der Waals surface area contributed by atoms with E-state index in [1.807, 2.05) is 73.7 Å². The molecule has 0 aliphatic carbocycles. The van der Waals surface area contributed by atoms with Crippen molar-refractivity contribution in [3.63, 3.8) is 0 Å². The van der Waals surface area contributed by atoms with Gasteiger partial charge in [0.05, 0.1) is 5.56 Å². The lowest BCUT2D eigenvalue weighted by molar-refractivity contribution is -0.137. The van der Waals surface area contributed by atoms with Crippen LogP contribution < -0.4 is 0 Å². The molecule has 1 aromatic heterocycles. The SMILES string of the molecule is Cc1c(C(=O)c2cccc3ccccc23)c2ccccc2n1CCCCC(=O)O. The average Bonchev–Trinajstić information content (AvgIpc) is 3.01. The van der Waals surface area contributed by atoms with Crippen molar-refractivity contribution < 1.29 is 14.7 Å². The molecule has 0 spiro atoms. The number of nitrogens with zero attached hydrogens (tertiary/aromatic N) is 1. The first-order valence-electron chi connectivity index (χ1n) is 9.90. The molecule has 4 heteroatoms. The van der Waals surface area contributed by atoms with E-state index in [9.17, 15) is 9.59 Å². The van der Waals surface area contributed by atoms with Crippen molar-refractivity contribution in [2.45, 2.75) is 32.7 Å². The number of para-hydroxylation sites is 1. The molecule has 4 nitrogen and oxygen atoms in total. The Morgan fingerprint density at radius 3 is 2.34 bits per heavy atom. The molecule has 4 aromatic rings. The number of rotatable bonds is 7. The van der Waals surface area contributed by atoms with E-state index in [1.54, 1.807) is 0 Å². The molecule has 0 amide bonds. The first-order chi connectivity index (χ1) is 14.1. The molecule has 1 N–H and O–H groups in total. The summed E-state index contributed by atoms with van der Waals surface area (Å²) in [6.07, 6.45) is 1.54. The van der Waals surface area contributed by atoms with Crippen molar-refractivity contribution >= 4 is 33.4 Å². The second kappa shape index (κ2) is 7.92. The second-order valence-corrected chi connectivity index (χ2v) is 7.34. The van der Waals surface area contributed by atoms with Crippen molar-refractivity contribution in [1.82, 2.24) is 4.57 Å². The maximum atomic E-state index is 13.6. The van der Waals surface area contributed by atoms with Crippen LogP contribution in [0.5, 0.6) is 0 Å². The molecular weight excluding hydrogens is 362 g/mol. The lowest BCUT2D eigenvalue weighted by Crippen LogP contribution is -2.06. The van der Waals surface area contributed by atoms with Crippen LogP contribution in [0.15, 0.2) is 66.7 Å². The quantitative estimate of drug-likeness (QED) is 0.333. The van der Waals surface area contributed by atoms with Gasteiger partial charge in [-0.2, -0.15) is 0 Å². The molecule has 0 atom stereocenters. The van der Waals surface area contributed by atoms with E-state index in [4.69, 9.17) is 5.11 Å². The van der Waals surface area contributed by atoms with Gasteiger partial charge in [-0.15, -0.1) is 0 Å². The highest BCUT2D eigenvalue weighted by atomic mass is 16.4. The highest BCUT2D eigenvalue weighted by Gasteiger charge is 2.22. The van der Waals surface area contributed by atoms with Crippen LogP contribution in [0.25, 0.3) is 21.7 Å². The van der Waals surface area contributed by atoms with Crippen LogP contribution in [0.2, 0.25) is 0 Å². The maximum Gasteiger partial charge on any atom is 0.303 e. The summed E-state index contributed by atoms with van der Waals surface area (Å²) in [7, 11) is 0. The number of fused-ring (bicyclic) bond motifs is 2. The van der Waals surface area contributed by atoms with E-state index in [-0.39, 0.29) is 12.2 Å². The monoisotopic (exact) mass is 385 g/mol. The maximum absolute atomic E-state index is 13.6. The lowest BCUT2D eigenvalue weighted by Gasteiger charge is -2.09. The third-order valence-corrected chi connectivity index (χ3v) is 5.51. The van der Waals surface area contributed by atoms with Gasteiger partial charge in [0.2, 0.25) is 0 Å². The number of hydrogen-bond donors (Lipinski definition) is 1. The summed E-state index contributed by atoms with van der Waals surface area (Å²) < 4.78 is 2.15. The summed E-state index contributed by atoms with van der Waals surface area (Å²) in [5.41, 5.74) is 3.39. The fraction of sp³-hybridized carbons (Fsp3) is 0.200. The van der Waals surface area contributed by atoms with E-state index < -0.39 is 5.97 Å². The molecule has 3 aromatic carbocycles. The van der Waals surface area contributed by atoms with Crippen LogP contribution in [0.3, 0.4) is 0 Å². The zero-order valence-corrected chi connectivity index (χ0v) is 16.4. The highest BCUT2D eigenvalue weighted by molar-refractivity contribution is 6.22. The van der Waals surface area contributed by atoms with E-state index in [2.05, 4.69) is 4.57 Å². The molecule has 0 bridgehead atoms. The molecule has 4 rings (SSSR count). The van der Waals surface area contributed by atoms with Crippen LogP contribution in [0, 0.1) is 6.92 Å². The normalized spacial score (nSPS) is 11.2. The molecule has 0 radical (unpaired) electrons. The van der Waals surface area contributed by atoms with Gasteiger partial charge in [0.25, 0.3) is 0 Å². The zero-order chi connectivity index (χ0) is 20.4. The predicted octanol–water partition coefficient (Wildman–Crippen LogP) is 5.59. The van der Waals surface area contributed by atoms with Gasteiger partial charge in [-0.3, -0.25) is 9.59 Å². The minimum Gasteiger partial charge on any atom is -0.481 e. The van der Waals surface area contributed by atoms with Crippen molar-refractivity contribution in [3.8, 4) is 0 Å². The Labute approximate surface area is 169 Å². The number of carbonyl (C=O) groups excluding carboxylic acids is 1. The molecular formula is C25H23NO3. The van der Waals surface area contributed by atoms with E-state index in [0.717, 1.165) is 39.4 Å². The van der Waals surface area contributed by atoms with Gasteiger partial charge in [0.1, 0.15) is 0 Å². The van der Waals surface area contributed by atoms with E-state index >= 15 is 0 Å². The largest absolute Gasteiger partial charge is 0.481 e. The fourth-order valence-electron chi connectivity index (χ4n) is 4.11. The van der Waals surface area contributed by atoms with Crippen LogP contribution in [0.1, 0.15) is 40.9 Å². The van der Waals surface area contributed by atoms with Gasteiger partial charge < -0.3 is 9.67 Å². The smallest absolute Gasteiger partial charge is 0.303 e. The van der Waals surface area contributed by atoms with Gasteiger partial charge in [-0.05, 0) is 36.6 Å². The summed E-state index contributed by atoms with van der Waals surface area (Å²) in [5, 5.41) is 11.8. The summed E-state index contributed by atoms with van der Waals surface area (Å²) >= 11 is 0. The number of unbranched alkanes of at least 4 members (excludes halogenated alkanes) is 1. The van der Waals surface area contributed by atoms with Gasteiger partial charge >= 0.3 is 5.97 Å². The lowest BCUT2D eigenvalue weighted by atomic mass is 9.95. The standard InChI is InChI=1S/C25H23NO3/c1-17-24(25(29)20-13-8-10-18-9-2-3-11-19(18)20)21-12-4-5-14-22(21)26(17)16-7-6-15-23(27)28/h2-5,8-14H,6-7,15-16H2,1H3,(H,27,28). The topological polar surface area (TPSA) is 59.3 Å². The van der Waals surface area contributed by atoms with Gasteiger partial charge in [0, 0.05) is 35.1 Å². The summed E-state index contributed by atoms with van der Waals surface area (Å²) in [6, 6.07) is 21.7. The van der Waals surface area contributed by atoms with Crippen LogP contribution in [0.4, 0.5) is 0 Å². The van der Waals surface area contributed by atoms with Crippen molar-refractivity contribution in [3.05, 3.63) is 83.6 Å². The van der Waals surface area contributed by atoms with Gasteiger partial charge in [-0.1, -0.05) is 60.7 Å². The first kappa shape index (κ1) is 18.9. The summed E-state index contributed by atoms with van der Waals surface area (Å²) in [4.78, 5) is 24.4. The third kappa shape index (κ3) is 3.54. The summed E-state index contributed by atoms with van der Waals surface area (Å²) in [5.74, 6) is -0.745. The number of hydrogen-bond acceptors (Lipinski definition) is 2. The highest BCUT2D eigenvalue weighted by Crippen LogP contribution is 2.30. The van der Waals surface area contributed by atoms with Crippen molar-refractivity contribution in [2.24, 2.45) is 0 Å². The second-order valence-electron chi connectivity index (χ2n) is 7.34. The zero-order valence-electron chi connectivity index (χ0n) is 16.4. The Morgan fingerprint density at radius 1 is 0.862 bits per heavy atom. The number of aliphatic carboxylic acids is 1. The molecule has 0 aliphatic rings. The molecule has 0 saturated carbocycles. The van der Waals surface area contributed by atoms with E-state index in [1.165, 1.54) is 0 Å². The molecule has 1 heterocycles. The molecule has 146 valence electrons. The van der Waals surface area contributed by atoms with Crippen LogP contribution >= 0.6 is 0 Å². The fourth-order valence-corrected chi connectivity index (χ4v) is 4.11. The number of carbonyl (C=O) groups is 2. The predicted molar refractivity (Wildman–Crippen MR) is 116 cm³/mol. The number of benzene rings is 3. The van der Waals surface area contributed by atoms with Crippen molar-refractivity contribution in [1.29, 1.82) is 0 Å². The van der Waals surface area contributed by atoms with Crippen molar-refractivity contribution in [2.75, 3.05) is 0 Å². The molecule has 29 heavy (non-hydrogen) atoms. The Hall–Kier alpha value is -3.40. The number of carboxylic acid groups (broad SMARTS) is 1. The van der Waals surface area contributed by atoms with Gasteiger partial charge in [0.15, 0.2) is 5.78 Å². The minimum atomic E-state index is -0.772. The number of aromatic nitrogens is 1. The van der Waals surface area contributed by atoms with Crippen LogP contribution in [-0.2, 0) is 11.3 Å². The molecule has 0 unspecified atom stereocenters. The third-order valence-electron chi connectivity index (χ3n) is 5.51.